The van der Waals surface area contributed by atoms with Crippen LogP contribution in [0.5, 0.6) is 0 Å². The third kappa shape index (κ3) is 39.1. The minimum Gasteiger partial charge on any atom is -0.480 e. The van der Waals surface area contributed by atoms with E-state index in [4.69, 9.17) is 24.8 Å². The number of rotatable bonds is 43. The maximum Gasteiger partial charge on any atom is 0.472 e. The van der Waals surface area contributed by atoms with Crippen LogP contribution in [0.15, 0.2) is 12.2 Å². The van der Waals surface area contributed by atoms with Crippen molar-refractivity contribution < 1.29 is 47.5 Å². The topological polar surface area (TPSA) is 172 Å². The molecule has 0 saturated heterocycles. The summed E-state index contributed by atoms with van der Waals surface area (Å²) in [5.41, 5.74) is 5.34. The lowest BCUT2D eigenvalue weighted by molar-refractivity contribution is -0.161. The van der Waals surface area contributed by atoms with Crippen LogP contribution < -0.4 is 5.73 Å². The highest BCUT2D eigenvalue weighted by molar-refractivity contribution is 7.47. The monoisotopic (exact) mass is 818 g/mol. The Hall–Kier alpha value is -1.78. The lowest BCUT2D eigenvalue weighted by atomic mass is 10.0. The van der Waals surface area contributed by atoms with Crippen molar-refractivity contribution in [2.75, 3.05) is 19.8 Å². The van der Waals surface area contributed by atoms with Gasteiger partial charge in [0.05, 0.1) is 13.2 Å². The van der Waals surface area contributed by atoms with Gasteiger partial charge in [-0.25, -0.2) is 4.57 Å². The van der Waals surface area contributed by atoms with Crippen molar-refractivity contribution in [3.05, 3.63) is 12.2 Å². The first-order valence-electron chi connectivity index (χ1n) is 22.7. The molecule has 0 aromatic heterocycles. The van der Waals surface area contributed by atoms with Crippen molar-refractivity contribution in [3.8, 4) is 0 Å². The molecule has 3 atom stereocenters. The second kappa shape index (κ2) is 40.0. The normalized spacial score (nSPS) is 13.8. The molecule has 0 aliphatic heterocycles. The Balaban J connectivity index is 4.31. The molecule has 0 spiro atoms. The van der Waals surface area contributed by atoms with Crippen LogP contribution in [0.1, 0.15) is 219 Å². The number of carbonyl (C=O) groups excluding carboxylic acids is 2. The van der Waals surface area contributed by atoms with Gasteiger partial charge >= 0.3 is 25.7 Å². The van der Waals surface area contributed by atoms with Gasteiger partial charge in [0, 0.05) is 12.8 Å². The molecular formula is C44H84NO10P. The molecule has 0 aromatic rings. The third-order valence-electron chi connectivity index (χ3n) is 10.0. The van der Waals surface area contributed by atoms with Gasteiger partial charge in [0.15, 0.2) is 6.10 Å². The van der Waals surface area contributed by atoms with Crippen molar-refractivity contribution in [1.29, 1.82) is 0 Å². The largest absolute Gasteiger partial charge is 0.480 e. The van der Waals surface area contributed by atoms with Gasteiger partial charge < -0.3 is 25.2 Å². The SMILES string of the molecule is CCCCCC/C=C/CCCCCCCCCCCC(=O)O[C@H](COC(=O)CCCCCCCCCCCCCCCCC)COP(=O)(O)OC[C@H](N)C(=O)O. The molecule has 0 aromatic carbocycles. The summed E-state index contributed by atoms with van der Waals surface area (Å²) in [6, 6.07) is -1.52. The first kappa shape index (κ1) is 54.2. The molecular weight excluding hydrogens is 733 g/mol. The molecule has 0 saturated carbocycles. The molecule has 4 N–H and O–H groups in total. The molecule has 0 fully saturated rings. The van der Waals surface area contributed by atoms with Crippen molar-refractivity contribution in [2.24, 2.45) is 5.73 Å². The number of esters is 2. The maximum atomic E-state index is 12.6. The lowest BCUT2D eigenvalue weighted by Crippen LogP contribution is -2.34. The molecule has 56 heavy (non-hydrogen) atoms. The zero-order chi connectivity index (χ0) is 41.4. The fourth-order valence-electron chi connectivity index (χ4n) is 6.41. The number of nitrogens with two attached hydrogens (primary N) is 1. The number of unbranched alkanes of at least 4 members (excludes halogenated alkanes) is 27. The average Bonchev–Trinajstić information content (AvgIpc) is 3.17. The molecule has 0 bridgehead atoms. The van der Waals surface area contributed by atoms with Crippen LogP contribution >= 0.6 is 7.82 Å². The number of carboxylic acids is 1. The smallest absolute Gasteiger partial charge is 0.472 e. The van der Waals surface area contributed by atoms with Crippen LogP contribution in [-0.2, 0) is 37.5 Å². The van der Waals surface area contributed by atoms with Gasteiger partial charge in [-0.05, 0) is 38.5 Å². The highest BCUT2D eigenvalue weighted by Crippen LogP contribution is 2.43. The van der Waals surface area contributed by atoms with E-state index in [1.165, 1.54) is 141 Å². The van der Waals surface area contributed by atoms with E-state index in [2.05, 4.69) is 30.5 Å². The number of allylic oxidation sites excluding steroid dienone is 2. The molecule has 0 rings (SSSR count). The van der Waals surface area contributed by atoms with Crippen LogP contribution in [0.4, 0.5) is 0 Å². The summed E-state index contributed by atoms with van der Waals surface area (Å²) in [4.78, 5) is 46.0. The predicted molar refractivity (Wildman–Crippen MR) is 226 cm³/mol. The van der Waals surface area contributed by atoms with Crippen molar-refractivity contribution in [2.45, 2.75) is 231 Å². The van der Waals surface area contributed by atoms with E-state index in [1.807, 2.05) is 0 Å². The average molecular weight is 818 g/mol. The predicted octanol–water partition coefficient (Wildman–Crippen LogP) is 12.1. The summed E-state index contributed by atoms with van der Waals surface area (Å²) in [6.45, 7) is 2.82. The van der Waals surface area contributed by atoms with Crippen LogP contribution in [-0.4, -0.2) is 59.9 Å². The van der Waals surface area contributed by atoms with Crippen molar-refractivity contribution in [1.82, 2.24) is 0 Å². The molecule has 12 heteroatoms. The Morgan fingerprint density at radius 3 is 1.32 bits per heavy atom. The number of carboxylic acid groups (broad SMARTS) is 1. The standard InChI is InChI=1S/C44H84NO10P/c1-3-5-7-9-11-13-15-17-19-20-22-24-26-28-30-32-34-36-43(47)55-40(38-53-56(50,51)54-39-41(45)44(48)49)37-52-42(46)35-33-31-29-27-25-23-21-18-16-14-12-10-8-6-4-2/h13,15,40-41H,3-12,14,16-39,45H2,1-2H3,(H,48,49)(H,50,51)/b15-13+/t40-,41+/m1/s1. The van der Waals surface area contributed by atoms with E-state index in [0.29, 0.717) is 12.8 Å². The number of phosphoric ester groups is 1. The summed E-state index contributed by atoms with van der Waals surface area (Å²) in [6.07, 6.45) is 39.8. The van der Waals surface area contributed by atoms with Gasteiger partial charge in [-0.15, -0.1) is 0 Å². The molecule has 0 amide bonds. The summed E-state index contributed by atoms with van der Waals surface area (Å²) in [7, 11) is -4.71. The molecule has 0 aliphatic carbocycles. The lowest BCUT2D eigenvalue weighted by Gasteiger charge is -2.20. The fourth-order valence-corrected chi connectivity index (χ4v) is 7.19. The summed E-state index contributed by atoms with van der Waals surface area (Å²) < 4.78 is 32.7. The van der Waals surface area contributed by atoms with Gasteiger partial charge in [-0.3, -0.25) is 23.4 Å². The van der Waals surface area contributed by atoms with E-state index in [1.54, 1.807) is 0 Å². The second-order valence-electron chi connectivity index (χ2n) is 15.5. The molecule has 0 radical (unpaired) electrons. The maximum absolute atomic E-state index is 12.6. The number of hydrogen-bond acceptors (Lipinski definition) is 9. The number of carbonyl (C=O) groups is 3. The number of phosphoric acid groups is 1. The van der Waals surface area contributed by atoms with Crippen LogP contribution in [0.25, 0.3) is 0 Å². The second-order valence-corrected chi connectivity index (χ2v) is 17.0. The zero-order valence-electron chi connectivity index (χ0n) is 35.7. The van der Waals surface area contributed by atoms with Crippen molar-refractivity contribution in [3.63, 3.8) is 0 Å². The van der Waals surface area contributed by atoms with Gasteiger partial charge in [-0.2, -0.15) is 0 Å². The minimum absolute atomic E-state index is 0.163. The third-order valence-corrected chi connectivity index (χ3v) is 11.0. The Morgan fingerprint density at radius 1 is 0.536 bits per heavy atom. The Kier molecular flexibility index (Phi) is 38.7. The van der Waals surface area contributed by atoms with E-state index in [-0.39, 0.29) is 19.4 Å². The first-order valence-corrected chi connectivity index (χ1v) is 24.2. The Bertz CT molecular complexity index is 1010. The van der Waals surface area contributed by atoms with E-state index < -0.39 is 51.1 Å². The zero-order valence-corrected chi connectivity index (χ0v) is 36.6. The fraction of sp³-hybridized carbons (Fsp3) is 0.886. The van der Waals surface area contributed by atoms with Gasteiger partial charge in [0.1, 0.15) is 12.6 Å². The molecule has 1 unspecified atom stereocenters. The van der Waals surface area contributed by atoms with E-state index >= 15 is 0 Å². The van der Waals surface area contributed by atoms with Crippen molar-refractivity contribution >= 4 is 25.7 Å². The highest BCUT2D eigenvalue weighted by atomic mass is 31.2. The number of ether oxygens (including phenoxy) is 2. The summed E-state index contributed by atoms with van der Waals surface area (Å²) in [5.74, 6) is -2.37. The molecule has 0 heterocycles. The van der Waals surface area contributed by atoms with Gasteiger partial charge in [-0.1, -0.05) is 180 Å². The molecule has 0 aliphatic rings. The molecule has 11 nitrogen and oxygen atoms in total. The summed E-state index contributed by atoms with van der Waals surface area (Å²) >= 11 is 0. The van der Waals surface area contributed by atoms with Crippen LogP contribution in [0.3, 0.4) is 0 Å². The number of aliphatic carboxylic acids is 1. The number of hydrogen-bond donors (Lipinski definition) is 3. The van der Waals surface area contributed by atoms with Crippen LogP contribution in [0, 0.1) is 0 Å². The van der Waals surface area contributed by atoms with Crippen LogP contribution in [0.2, 0.25) is 0 Å². The first-order chi connectivity index (χ1) is 27.1. The highest BCUT2D eigenvalue weighted by Gasteiger charge is 2.28. The van der Waals surface area contributed by atoms with E-state index in [0.717, 1.165) is 38.5 Å². The molecule has 330 valence electrons. The Labute approximate surface area is 341 Å². The quantitative estimate of drug-likeness (QED) is 0.0231. The minimum atomic E-state index is -4.71. The van der Waals surface area contributed by atoms with E-state index in [9.17, 15) is 23.8 Å². The van der Waals surface area contributed by atoms with Gasteiger partial charge in [0.2, 0.25) is 0 Å². The Morgan fingerprint density at radius 2 is 0.893 bits per heavy atom. The van der Waals surface area contributed by atoms with Gasteiger partial charge in [0.25, 0.3) is 0 Å². The summed E-state index contributed by atoms with van der Waals surface area (Å²) in [5, 5.41) is 8.89.